The summed E-state index contributed by atoms with van der Waals surface area (Å²) < 4.78 is 10.8. The lowest BCUT2D eigenvalue weighted by molar-refractivity contribution is -0.141. The number of hydrogen-bond acceptors (Lipinski definition) is 6. The molecular weight excluding hydrogens is 422 g/mol. The molecule has 31 heavy (non-hydrogen) atoms. The van der Waals surface area contributed by atoms with E-state index in [0.717, 1.165) is 5.56 Å². The van der Waals surface area contributed by atoms with E-state index in [2.05, 4.69) is 5.32 Å². The Kier molecular flexibility index (Phi) is 7.73. The Bertz CT molecular complexity index is 922. The minimum atomic E-state index is -1.26. The fraction of sp³-hybridized carbons (Fsp3) is 0.364. The number of hydrogen-bond donors (Lipinski definition) is 2. The number of carbonyl (C=O) groups excluding carboxylic acids is 2. The molecule has 0 spiro atoms. The summed E-state index contributed by atoms with van der Waals surface area (Å²) in [6.45, 7) is 3.46. The molecule has 8 nitrogen and oxygen atoms in total. The minimum Gasteiger partial charge on any atom is -0.497 e. The van der Waals surface area contributed by atoms with Gasteiger partial charge in [-0.15, -0.1) is 0 Å². The molecular formula is C22H26ClN3O5. The van der Waals surface area contributed by atoms with E-state index in [-0.39, 0.29) is 30.7 Å². The molecule has 0 saturated carbocycles. The molecule has 0 bridgehead atoms. The third kappa shape index (κ3) is 6.58. The molecule has 2 N–H and O–H groups in total. The highest BCUT2D eigenvalue weighted by atomic mass is 35.5. The third-order valence-corrected chi connectivity index (χ3v) is 5.11. The molecule has 2 aromatic carbocycles. The number of amides is 2. The third-order valence-electron chi connectivity index (χ3n) is 4.86. The summed E-state index contributed by atoms with van der Waals surface area (Å²) in [5, 5.41) is 13.8. The van der Waals surface area contributed by atoms with Crippen LogP contribution in [-0.2, 0) is 16.1 Å². The van der Waals surface area contributed by atoms with Gasteiger partial charge in [-0.05, 0) is 29.8 Å². The van der Waals surface area contributed by atoms with Crippen LogP contribution in [0.5, 0.6) is 11.5 Å². The average molecular weight is 448 g/mol. The van der Waals surface area contributed by atoms with Crippen molar-refractivity contribution < 1.29 is 24.2 Å². The molecule has 2 amide bonds. The number of aliphatic hydroxyl groups excluding tert-OH is 1. The van der Waals surface area contributed by atoms with Crippen LogP contribution in [0.1, 0.15) is 12.5 Å². The van der Waals surface area contributed by atoms with E-state index in [9.17, 15) is 14.7 Å². The zero-order valence-corrected chi connectivity index (χ0v) is 18.3. The zero-order valence-electron chi connectivity index (χ0n) is 17.5. The van der Waals surface area contributed by atoms with Gasteiger partial charge in [0.1, 0.15) is 11.5 Å². The second kappa shape index (κ2) is 10.5. The number of benzene rings is 2. The van der Waals surface area contributed by atoms with Crippen LogP contribution in [0, 0.1) is 0 Å². The number of aliphatic hydroxyl groups is 1. The van der Waals surface area contributed by atoms with Crippen LogP contribution in [0.25, 0.3) is 0 Å². The largest absolute Gasteiger partial charge is 0.497 e. The van der Waals surface area contributed by atoms with Crippen molar-refractivity contribution in [3.8, 4) is 11.5 Å². The monoisotopic (exact) mass is 447 g/mol. The van der Waals surface area contributed by atoms with Crippen molar-refractivity contribution in [2.75, 3.05) is 38.6 Å². The summed E-state index contributed by atoms with van der Waals surface area (Å²) >= 11 is 5.92. The van der Waals surface area contributed by atoms with E-state index in [1.165, 1.54) is 14.0 Å². The number of nitrogens with one attached hydrogen (secondary N) is 1. The fourth-order valence-corrected chi connectivity index (χ4v) is 3.45. The number of nitrogens with zero attached hydrogens (tertiary/aromatic N) is 2. The molecule has 0 radical (unpaired) electrons. The summed E-state index contributed by atoms with van der Waals surface area (Å²) in [5.41, 5.74) is 1.49. The number of carbonyl (C=O) groups is 2. The second-order valence-electron chi connectivity index (χ2n) is 7.29. The van der Waals surface area contributed by atoms with Crippen molar-refractivity contribution in [3.63, 3.8) is 0 Å². The van der Waals surface area contributed by atoms with Gasteiger partial charge in [-0.1, -0.05) is 23.7 Å². The first-order valence-electron chi connectivity index (χ1n) is 9.89. The zero-order chi connectivity index (χ0) is 22.4. The maximum Gasteiger partial charge on any atom is 0.237 e. The van der Waals surface area contributed by atoms with Crippen molar-refractivity contribution >= 4 is 29.1 Å². The molecule has 0 aliphatic carbocycles. The number of methoxy groups -OCH3 is 1. The summed E-state index contributed by atoms with van der Waals surface area (Å²) in [7, 11) is 1.51. The van der Waals surface area contributed by atoms with E-state index in [0.29, 0.717) is 36.1 Å². The normalized spacial score (nSPS) is 15.5. The number of ether oxygens (including phenoxy) is 2. The van der Waals surface area contributed by atoms with E-state index >= 15 is 0 Å². The van der Waals surface area contributed by atoms with Crippen LogP contribution in [0.15, 0.2) is 42.5 Å². The van der Waals surface area contributed by atoms with E-state index < -0.39 is 6.29 Å². The van der Waals surface area contributed by atoms with Crippen LogP contribution in [0.3, 0.4) is 0 Å². The van der Waals surface area contributed by atoms with Crippen molar-refractivity contribution in [1.29, 1.82) is 0 Å². The first kappa shape index (κ1) is 22.9. The lowest BCUT2D eigenvalue weighted by Gasteiger charge is -2.35. The summed E-state index contributed by atoms with van der Waals surface area (Å²) in [6.07, 6.45) is -1.26. The number of β-amino-alcohol motifs (C(OH)–C–C–N with tert-alkyl or cyclic N) is 1. The van der Waals surface area contributed by atoms with Crippen molar-refractivity contribution in [3.05, 3.63) is 53.1 Å². The van der Waals surface area contributed by atoms with E-state index in [4.69, 9.17) is 21.1 Å². The molecule has 1 fully saturated rings. The topological polar surface area (TPSA) is 91.3 Å². The van der Waals surface area contributed by atoms with Gasteiger partial charge in [0, 0.05) is 37.6 Å². The molecule has 9 heteroatoms. The number of rotatable bonds is 8. The van der Waals surface area contributed by atoms with E-state index in [1.807, 2.05) is 29.2 Å². The van der Waals surface area contributed by atoms with Crippen LogP contribution in [0.2, 0.25) is 5.02 Å². The smallest absolute Gasteiger partial charge is 0.237 e. The van der Waals surface area contributed by atoms with Crippen LogP contribution in [-0.4, -0.2) is 66.3 Å². The van der Waals surface area contributed by atoms with Gasteiger partial charge in [0.25, 0.3) is 0 Å². The standard InChI is InChI=1S/C22H26ClN3O5/c1-15(27)24-19-8-7-18(30-2)11-20(19)31-22(29)14-26-10-9-25(13-21(26)28)12-16-3-5-17(23)6-4-16/h3-8,11,22,29H,9-10,12-14H2,1-2H3,(H,24,27)/t22-/m0/s1. The lowest BCUT2D eigenvalue weighted by atomic mass is 10.2. The quantitative estimate of drug-likeness (QED) is 0.603. The first-order chi connectivity index (χ1) is 14.8. The van der Waals surface area contributed by atoms with Crippen LogP contribution in [0.4, 0.5) is 5.69 Å². The fourth-order valence-electron chi connectivity index (χ4n) is 3.33. The molecule has 0 aromatic heterocycles. The second-order valence-corrected chi connectivity index (χ2v) is 7.73. The highest BCUT2D eigenvalue weighted by Crippen LogP contribution is 2.30. The molecule has 1 saturated heterocycles. The molecule has 0 unspecified atom stereocenters. The number of piperazine rings is 1. The summed E-state index contributed by atoms with van der Waals surface area (Å²) in [5.74, 6) is 0.422. The Balaban J connectivity index is 1.56. The summed E-state index contributed by atoms with van der Waals surface area (Å²) in [6, 6.07) is 12.4. The van der Waals surface area contributed by atoms with Gasteiger partial charge in [-0.25, -0.2) is 0 Å². The molecule has 1 aliphatic heterocycles. The Labute approximate surface area is 186 Å². The van der Waals surface area contributed by atoms with Crippen molar-refractivity contribution in [2.24, 2.45) is 0 Å². The van der Waals surface area contributed by atoms with E-state index in [1.54, 1.807) is 23.1 Å². The van der Waals surface area contributed by atoms with Gasteiger partial charge >= 0.3 is 0 Å². The van der Waals surface area contributed by atoms with Gasteiger partial charge in [0.2, 0.25) is 18.1 Å². The minimum absolute atomic E-state index is 0.0182. The average Bonchev–Trinajstić information content (AvgIpc) is 2.72. The molecule has 3 rings (SSSR count). The van der Waals surface area contributed by atoms with Gasteiger partial charge in [0.15, 0.2) is 0 Å². The number of anilines is 1. The van der Waals surface area contributed by atoms with Crippen molar-refractivity contribution in [2.45, 2.75) is 19.8 Å². The highest BCUT2D eigenvalue weighted by Gasteiger charge is 2.26. The van der Waals surface area contributed by atoms with Gasteiger partial charge in [-0.2, -0.15) is 0 Å². The molecule has 1 aliphatic rings. The SMILES string of the molecule is COc1ccc(NC(C)=O)c(O[C@H](O)CN2CCN(Cc3ccc(Cl)cc3)CC2=O)c1. The predicted octanol–water partition coefficient (Wildman–Crippen LogP) is 2.35. The Morgan fingerprint density at radius 2 is 1.97 bits per heavy atom. The maximum absolute atomic E-state index is 12.6. The lowest BCUT2D eigenvalue weighted by Crippen LogP contribution is -2.52. The molecule has 2 aromatic rings. The molecule has 166 valence electrons. The Hall–Kier alpha value is -2.81. The first-order valence-corrected chi connectivity index (χ1v) is 10.3. The Morgan fingerprint density at radius 1 is 1.23 bits per heavy atom. The van der Waals surface area contributed by atoms with Crippen LogP contribution >= 0.6 is 11.6 Å². The molecule has 1 atom stereocenters. The number of halogens is 1. The van der Waals surface area contributed by atoms with Crippen LogP contribution < -0.4 is 14.8 Å². The van der Waals surface area contributed by atoms with Gasteiger partial charge in [0.05, 0.1) is 25.9 Å². The van der Waals surface area contributed by atoms with Crippen molar-refractivity contribution in [1.82, 2.24) is 9.80 Å². The maximum atomic E-state index is 12.6. The Morgan fingerprint density at radius 3 is 2.61 bits per heavy atom. The highest BCUT2D eigenvalue weighted by molar-refractivity contribution is 6.30. The summed E-state index contributed by atoms with van der Waals surface area (Å²) in [4.78, 5) is 27.6. The predicted molar refractivity (Wildman–Crippen MR) is 117 cm³/mol. The molecule has 1 heterocycles. The van der Waals surface area contributed by atoms with Gasteiger partial charge < -0.3 is 24.8 Å². The van der Waals surface area contributed by atoms with Gasteiger partial charge in [-0.3, -0.25) is 14.5 Å².